The second kappa shape index (κ2) is 6.44. The van der Waals surface area contributed by atoms with Gasteiger partial charge in [-0.1, -0.05) is 20.3 Å². The van der Waals surface area contributed by atoms with E-state index in [2.05, 4.69) is 9.71 Å². The van der Waals surface area contributed by atoms with Gasteiger partial charge >= 0.3 is 5.97 Å². The number of aromatic nitrogens is 1. The van der Waals surface area contributed by atoms with Crippen molar-refractivity contribution in [3.8, 4) is 0 Å². The average molecular weight is 306 g/mol. The quantitative estimate of drug-likeness (QED) is 0.802. The van der Waals surface area contributed by atoms with Gasteiger partial charge in [0.2, 0.25) is 0 Å². The van der Waals surface area contributed by atoms with Crippen LogP contribution in [0.5, 0.6) is 0 Å². The van der Waals surface area contributed by atoms with Gasteiger partial charge in [-0.25, -0.2) is 22.9 Å². The minimum Gasteiger partial charge on any atom is -0.476 e. The molecule has 19 heavy (non-hydrogen) atoms. The first kappa shape index (κ1) is 16.1. The third-order valence-electron chi connectivity index (χ3n) is 2.79. The summed E-state index contributed by atoms with van der Waals surface area (Å²) >= 11 is 0.809. The molecule has 0 radical (unpaired) electrons. The van der Waals surface area contributed by atoms with Crippen LogP contribution < -0.4 is 4.72 Å². The van der Waals surface area contributed by atoms with Crippen LogP contribution in [0.25, 0.3) is 0 Å². The van der Waals surface area contributed by atoms with Gasteiger partial charge < -0.3 is 5.11 Å². The largest absolute Gasteiger partial charge is 0.476 e. The summed E-state index contributed by atoms with van der Waals surface area (Å²) in [6, 6.07) is -0.247. The normalized spacial score (nSPS) is 15.1. The maximum absolute atomic E-state index is 12.1. The topological polar surface area (TPSA) is 96.4 Å². The van der Waals surface area contributed by atoms with Gasteiger partial charge in [-0.2, -0.15) is 0 Å². The molecule has 108 valence electrons. The minimum atomic E-state index is -3.82. The number of nitrogens with zero attached hydrogens (tertiary/aromatic N) is 1. The lowest BCUT2D eigenvalue weighted by atomic mass is 10.0. The molecule has 6 nitrogen and oxygen atoms in total. The summed E-state index contributed by atoms with van der Waals surface area (Å²) in [7, 11) is -3.82. The van der Waals surface area contributed by atoms with Crippen LogP contribution in [0, 0.1) is 5.92 Å². The second-order valence-electron chi connectivity index (χ2n) is 4.57. The number of hydrogen-bond acceptors (Lipinski definition) is 5. The highest BCUT2D eigenvalue weighted by Gasteiger charge is 2.27. The van der Waals surface area contributed by atoms with E-state index in [4.69, 9.17) is 5.11 Å². The Morgan fingerprint density at radius 2 is 2.16 bits per heavy atom. The van der Waals surface area contributed by atoms with Gasteiger partial charge in [0.25, 0.3) is 10.0 Å². The first-order chi connectivity index (χ1) is 8.77. The minimum absolute atomic E-state index is 0.240. The number of carboxylic acids is 1. The number of sulfonamides is 1. The molecule has 1 heterocycles. The highest BCUT2D eigenvalue weighted by atomic mass is 32.2. The Morgan fingerprint density at radius 1 is 1.53 bits per heavy atom. The molecule has 0 amide bonds. The van der Waals surface area contributed by atoms with Gasteiger partial charge in [0.05, 0.1) is 5.51 Å². The Kier molecular flexibility index (Phi) is 5.45. The highest BCUT2D eigenvalue weighted by molar-refractivity contribution is 7.91. The molecule has 0 saturated heterocycles. The first-order valence-electron chi connectivity index (χ1n) is 5.97. The van der Waals surface area contributed by atoms with E-state index in [1.807, 2.05) is 13.8 Å². The molecule has 0 bridgehead atoms. The zero-order valence-electron chi connectivity index (χ0n) is 11.1. The number of nitrogens with one attached hydrogen (secondary N) is 1. The summed E-state index contributed by atoms with van der Waals surface area (Å²) in [6.45, 7) is 5.85. The van der Waals surface area contributed by atoms with E-state index in [-0.39, 0.29) is 10.3 Å². The van der Waals surface area contributed by atoms with E-state index < -0.39 is 21.7 Å². The molecule has 2 N–H and O–H groups in total. The molecule has 0 spiro atoms. The molecule has 2 unspecified atom stereocenters. The van der Waals surface area contributed by atoms with Crippen molar-refractivity contribution in [2.24, 2.45) is 5.92 Å². The van der Waals surface area contributed by atoms with E-state index in [9.17, 15) is 13.2 Å². The molecule has 0 aromatic carbocycles. The monoisotopic (exact) mass is 306 g/mol. The van der Waals surface area contributed by atoms with Crippen molar-refractivity contribution in [3.63, 3.8) is 0 Å². The van der Waals surface area contributed by atoms with Gasteiger partial charge in [0, 0.05) is 6.04 Å². The zero-order chi connectivity index (χ0) is 14.6. The highest BCUT2D eigenvalue weighted by Crippen LogP contribution is 2.21. The first-order valence-corrected chi connectivity index (χ1v) is 8.33. The molecule has 8 heteroatoms. The Morgan fingerprint density at radius 3 is 2.68 bits per heavy atom. The lowest BCUT2D eigenvalue weighted by Crippen LogP contribution is -2.34. The van der Waals surface area contributed by atoms with Crippen LogP contribution >= 0.6 is 11.3 Å². The Labute approximate surface area is 116 Å². The number of thiazole rings is 1. The van der Waals surface area contributed by atoms with Crippen molar-refractivity contribution >= 4 is 27.3 Å². The smallest absolute Gasteiger partial charge is 0.356 e. The number of carboxylic acid groups (broad SMARTS) is 1. The molecule has 1 aromatic heterocycles. The fourth-order valence-electron chi connectivity index (χ4n) is 1.71. The Hall–Kier alpha value is -0.990. The summed E-state index contributed by atoms with van der Waals surface area (Å²) in [5.41, 5.74) is 0.797. The molecular formula is C11H18N2O4S2. The third kappa shape index (κ3) is 4.26. The third-order valence-corrected chi connectivity index (χ3v) is 5.75. The van der Waals surface area contributed by atoms with Crippen molar-refractivity contribution in [1.82, 2.24) is 9.71 Å². The summed E-state index contributed by atoms with van der Waals surface area (Å²) in [4.78, 5) is 14.5. The second-order valence-corrected chi connectivity index (χ2v) is 7.33. The summed E-state index contributed by atoms with van der Waals surface area (Å²) < 4.78 is 26.4. The van der Waals surface area contributed by atoms with E-state index in [1.54, 1.807) is 6.92 Å². The van der Waals surface area contributed by atoms with Gasteiger partial charge in [-0.15, -0.1) is 11.3 Å². The number of rotatable bonds is 7. The van der Waals surface area contributed by atoms with Crippen LogP contribution in [-0.4, -0.2) is 30.5 Å². The lowest BCUT2D eigenvalue weighted by Gasteiger charge is -2.17. The van der Waals surface area contributed by atoms with Crippen LogP contribution in [0.1, 0.15) is 44.1 Å². The maximum Gasteiger partial charge on any atom is 0.356 e. The molecule has 0 aliphatic carbocycles. The van der Waals surface area contributed by atoms with E-state index in [1.165, 1.54) is 5.51 Å². The predicted octanol–water partition coefficient (Wildman–Crippen LogP) is 1.94. The van der Waals surface area contributed by atoms with Gasteiger partial charge in [-0.05, 0) is 19.3 Å². The fourth-order valence-corrected chi connectivity index (χ4v) is 4.12. The van der Waals surface area contributed by atoms with Crippen molar-refractivity contribution in [1.29, 1.82) is 0 Å². The van der Waals surface area contributed by atoms with Crippen molar-refractivity contribution in [2.45, 2.75) is 43.9 Å². The zero-order valence-corrected chi connectivity index (χ0v) is 12.7. The predicted molar refractivity (Wildman–Crippen MR) is 72.9 cm³/mol. The van der Waals surface area contributed by atoms with E-state index in [0.717, 1.165) is 17.8 Å². The van der Waals surface area contributed by atoms with Crippen LogP contribution in [0.4, 0.5) is 0 Å². The summed E-state index contributed by atoms with van der Waals surface area (Å²) in [5.74, 6) is -0.936. The standard InChI is InChI=1S/C11H18N2O4S2/c1-4-7(2)5-8(3)13-19(16,17)11-9(10(14)15)12-6-18-11/h6-8,13H,4-5H2,1-3H3,(H,14,15). The number of carbonyl (C=O) groups is 1. The molecule has 0 fully saturated rings. The van der Waals surface area contributed by atoms with E-state index in [0.29, 0.717) is 12.3 Å². The lowest BCUT2D eigenvalue weighted by molar-refractivity contribution is 0.0687. The van der Waals surface area contributed by atoms with Crippen LogP contribution in [0.15, 0.2) is 9.72 Å². The Bertz CT molecular complexity index is 539. The average Bonchev–Trinajstić information content (AvgIpc) is 2.77. The molecule has 0 saturated carbocycles. The van der Waals surface area contributed by atoms with Crippen LogP contribution in [-0.2, 0) is 10.0 Å². The summed E-state index contributed by atoms with van der Waals surface area (Å²) in [6.07, 6.45) is 1.67. The van der Waals surface area contributed by atoms with Crippen molar-refractivity contribution in [2.75, 3.05) is 0 Å². The molecule has 1 aromatic rings. The molecule has 1 rings (SSSR count). The summed E-state index contributed by atoms with van der Waals surface area (Å²) in [5, 5.41) is 8.89. The van der Waals surface area contributed by atoms with Gasteiger partial charge in [0.1, 0.15) is 0 Å². The van der Waals surface area contributed by atoms with E-state index >= 15 is 0 Å². The maximum atomic E-state index is 12.1. The SMILES string of the molecule is CCC(C)CC(C)NS(=O)(=O)c1scnc1C(=O)O. The van der Waals surface area contributed by atoms with Crippen molar-refractivity contribution in [3.05, 3.63) is 11.2 Å². The van der Waals surface area contributed by atoms with Gasteiger partial charge in [-0.3, -0.25) is 0 Å². The molecule has 0 aliphatic rings. The van der Waals surface area contributed by atoms with Crippen LogP contribution in [0.3, 0.4) is 0 Å². The molecule has 2 atom stereocenters. The fraction of sp³-hybridized carbons (Fsp3) is 0.636. The number of aromatic carboxylic acids is 1. The molecule has 0 aliphatic heterocycles. The van der Waals surface area contributed by atoms with Gasteiger partial charge in [0.15, 0.2) is 9.90 Å². The van der Waals surface area contributed by atoms with Crippen LogP contribution in [0.2, 0.25) is 0 Å². The number of hydrogen-bond donors (Lipinski definition) is 2. The van der Waals surface area contributed by atoms with Crippen molar-refractivity contribution < 1.29 is 18.3 Å². The molecular weight excluding hydrogens is 288 g/mol. The Balaban J connectivity index is 2.87.